The van der Waals surface area contributed by atoms with Gasteiger partial charge in [-0.3, -0.25) is 0 Å². The molecular formula is C9H11ClS. The number of hydrogen-bond acceptors (Lipinski definition) is 1. The van der Waals surface area contributed by atoms with E-state index < -0.39 is 0 Å². The third-order valence-corrected chi connectivity index (χ3v) is 3.22. The van der Waals surface area contributed by atoms with Crippen LogP contribution in [0.5, 0.6) is 0 Å². The summed E-state index contributed by atoms with van der Waals surface area (Å²) in [5, 5.41) is 0.900. The van der Waals surface area contributed by atoms with Gasteiger partial charge in [0.2, 0.25) is 0 Å². The van der Waals surface area contributed by atoms with Gasteiger partial charge in [0.15, 0.2) is 0 Å². The second-order valence-corrected chi connectivity index (χ2v) is 3.75. The van der Waals surface area contributed by atoms with Gasteiger partial charge in [0.1, 0.15) is 0 Å². The lowest BCUT2D eigenvalue weighted by Crippen LogP contribution is -1.83. The van der Waals surface area contributed by atoms with E-state index in [1.54, 1.807) is 11.8 Å². The Morgan fingerprint density at radius 2 is 1.91 bits per heavy atom. The first-order valence-corrected chi connectivity index (χ1v) is 5.06. The molecule has 0 spiro atoms. The molecule has 0 heterocycles. The molecule has 0 amide bonds. The Labute approximate surface area is 77.0 Å². The van der Waals surface area contributed by atoms with Crippen molar-refractivity contribution in [2.45, 2.75) is 18.7 Å². The molecule has 11 heavy (non-hydrogen) atoms. The van der Waals surface area contributed by atoms with Gasteiger partial charge in [-0.25, -0.2) is 0 Å². The predicted octanol–water partition coefficient (Wildman–Crippen LogP) is 3.68. The minimum atomic E-state index is 0.900. The van der Waals surface area contributed by atoms with Gasteiger partial charge in [0, 0.05) is 4.90 Å². The topological polar surface area (TPSA) is 0 Å². The summed E-state index contributed by atoms with van der Waals surface area (Å²) in [4.78, 5) is 1.16. The summed E-state index contributed by atoms with van der Waals surface area (Å²) >= 11 is 7.76. The fraction of sp³-hybridized carbons (Fsp3) is 0.333. The Morgan fingerprint density at radius 1 is 1.27 bits per heavy atom. The molecule has 1 aromatic carbocycles. The SMILES string of the molecule is CSc1ccc(C)c(C)c1Cl. The van der Waals surface area contributed by atoms with E-state index in [9.17, 15) is 0 Å². The number of rotatable bonds is 1. The van der Waals surface area contributed by atoms with Crippen molar-refractivity contribution in [1.82, 2.24) is 0 Å². The van der Waals surface area contributed by atoms with E-state index in [2.05, 4.69) is 26.0 Å². The van der Waals surface area contributed by atoms with Crippen LogP contribution in [0.3, 0.4) is 0 Å². The van der Waals surface area contributed by atoms with Crippen LogP contribution < -0.4 is 0 Å². The maximum Gasteiger partial charge on any atom is 0.0573 e. The molecule has 2 heteroatoms. The Hall–Kier alpha value is -0.140. The summed E-state index contributed by atoms with van der Waals surface area (Å²) in [6, 6.07) is 4.17. The summed E-state index contributed by atoms with van der Waals surface area (Å²) in [6.07, 6.45) is 2.04. The first-order chi connectivity index (χ1) is 5.16. The Morgan fingerprint density at radius 3 is 2.45 bits per heavy atom. The Balaban J connectivity index is 3.25. The smallest absolute Gasteiger partial charge is 0.0573 e. The van der Waals surface area contributed by atoms with Gasteiger partial charge in [-0.05, 0) is 37.3 Å². The molecule has 0 bridgehead atoms. The molecule has 60 valence electrons. The zero-order valence-corrected chi connectivity index (χ0v) is 8.51. The second kappa shape index (κ2) is 3.51. The molecule has 0 nitrogen and oxygen atoms in total. The molecule has 1 aromatic rings. The van der Waals surface area contributed by atoms with Gasteiger partial charge >= 0.3 is 0 Å². The highest BCUT2D eigenvalue weighted by molar-refractivity contribution is 7.98. The first-order valence-electron chi connectivity index (χ1n) is 3.46. The van der Waals surface area contributed by atoms with E-state index in [0.29, 0.717) is 0 Å². The summed E-state index contributed by atoms with van der Waals surface area (Å²) < 4.78 is 0. The standard InChI is InChI=1S/C9H11ClS/c1-6-4-5-8(11-3)9(10)7(6)2/h4-5H,1-3H3. The monoisotopic (exact) mass is 186 g/mol. The largest absolute Gasteiger partial charge is 0.128 e. The Bertz CT molecular complexity index is 269. The van der Waals surface area contributed by atoms with Crippen LogP contribution in [0.4, 0.5) is 0 Å². The minimum absolute atomic E-state index is 0.900. The average Bonchev–Trinajstić information content (AvgIpc) is 2.01. The normalized spacial score (nSPS) is 10.2. The number of thioether (sulfide) groups is 1. The highest BCUT2D eigenvalue weighted by Gasteiger charge is 2.03. The summed E-state index contributed by atoms with van der Waals surface area (Å²) in [5.74, 6) is 0. The van der Waals surface area contributed by atoms with E-state index in [-0.39, 0.29) is 0 Å². The first kappa shape index (κ1) is 8.95. The molecule has 0 radical (unpaired) electrons. The molecule has 1 rings (SSSR count). The van der Waals surface area contributed by atoms with E-state index in [1.807, 2.05) is 6.26 Å². The van der Waals surface area contributed by atoms with Crippen molar-refractivity contribution in [2.24, 2.45) is 0 Å². The van der Waals surface area contributed by atoms with Crippen molar-refractivity contribution in [2.75, 3.05) is 6.26 Å². The van der Waals surface area contributed by atoms with Gasteiger partial charge < -0.3 is 0 Å². The molecule has 0 N–H and O–H groups in total. The molecule has 0 saturated carbocycles. The summed E-state index contributed by atoms with van der Waals surface area (Å²) in [7, 11) is 0. The van der Waals surface area contributed by atoms with E-state index in [0.717, 1.165) is 9.92 Å². The van der Waals surface area contributed by atoms with Crippen molar-refractivity contribution >= 4 is 23.4 Å². The van der Waals surface area contributed by atoms with Gasteiger partial charge in [-0.2, -0.15) is 0 Å². The van der Waals surface area contributed by atoms with Gasteiger partial charge in [0.05, 0.1) is 5.02 Å². The molecule has 0 unspecified atom stereocenters. The zero-order chi connectivity index (χ0) is 8.43. The molecular weight excluding hydrogens is 176 g/mol. The molecule has 0 fully saturated rings. The van der Waals surface area contributed by atoms with Crippen molar-refractivity contribution in [3.8, 4) is 0 Å². The molecule has 0 aromatic heterocycles. The highest BCUT2D eigenvalue weighted by Crippen LogP contribution is 2.29. The lowest BCUT2D eigenvalue weighted by molar-refractivity contribution is 1.28. The number of aryl methyl sites for hydroxylation is 1. The van der Waals surface area contributed by atoms with Crippen LogP contribution in [0.15, 0.2) is 17.0 Å². The van der Waals surface area contributed by atoms with Crippen molar-refractivity contribution < 1.29 is 0 Å². The highest BCUT2D eigenvalue weighted by atomic mass is 35.5. The molecule has 0 aliphatic rings. The fourth-order valence-corrected chi connectivity index (χ4v) is 1.89. The van der Waals surface area contributed by atoms with Crippen molar-refractivity contribution in [3.63, 3.8) is 0 Å². The molecule has 0 atom stereocenters. The quantitative estimate of drug-likeness (QED) is 0.603. The maximum atomic E-state index is 6.08. The molecule has 0 aliphatic heterocycles. The zero-order valence-electron chi connectivity index (χ0n) is 6.94. The molecule has 0 saturated heterocycles. The van der Waals surface area contributed by atoms with Gasteiger partial charge in [-0.1, -0.05) is 17.7 Å². The molecule has 0 aliphatic carbocycles. The van der Waals surface area contributed by atoms with Crippen LogP contribution in [0.2, 0.25) is 5.02 Å². The van der Waals surface area contributed by atoms with Crippen LogP contribution in [0, 0.1) is 13.8 Å². The third-order valence-electron chi connectivity index (χ3n) is 1.84. The average molecular weight is 187 g/mol. The van der Waals surface area contributed by atoms with Gasteiger partial charge in [-0.15, -0.1) is 11.8 Å². The number of benzene rings is 1. The fourth-order valence-electron chi connectivity index (χ4n) is 0.914. The number of hydrogen-bond donors (Lipinski definition) is 0. The predicted molar refractivity (Wildman–Crippen MR) is 52.7 cm³/mol. The van der Waals surface area contributed by atoms with Crippen molar-refractivity contribution in [3.05, 3.63) is 28.3 Å². The Kier molecular flexibility index (Phi) is 2.85. The third kappa shape index (κ3) is 1.71. The van der Waals surface area contributed by atoms with E-state index >= 15 is 0 Å². The van der Waals surface area contributed by atoms with Crippen LogP contribution in [0.25, 0.3) is 0 Å². The second-order valence-electron chi connectivity index (χ2n) is 2.52. The lowest BCUT2D eigenvalue weighted by atomic mass is 10.1. The van der Waals surface area contributed by atoms with Crippen LogP contribution in [-0.2, 0) is 0 Å². The minimum Gasteiger partial charge on any atom is -0.128 e. The van der Waals surface area contributed by atoms with E-state index in [1.165, 1.54) is 11.1 Å². The van der Waals surface area contributed by atoms with Crippen LogP contribution in [-0.4, -0.2) is 6.26 Å². The van der Waals surface area contributed by atoms with Crippen LogP contribution in [0.1, 0.15) is 11.1 Å². The van der Waals surface area contributed by atoms with E-state index in [4.69, 9.17) is 11.6 Å². The summed E-state index contributed by atoms with van der Waals surface area (Å²) in [6.45, 7) is 4.13. The van der Waals surface area contributed by atoms with Crippen LogP contribution >= 0.6 is 23.4 Å². The maximum absolute atomic E-state index is 6.08. The van der Waals surface area contributed by atoms with Crippen molar-refractivity contribution in [1.29, 1.82) is 0 Å². The lowest BCUT2D eigenvalue weighted by Gasteiger charge is -2.05. The number of halogens is 1. The van der Waals surface area contributed by atoms with Gasteiger partial charge in [0.25, 0.3) is 0 Å². The summed E-state index contributed by atoms with van der Waals surface area (Å²) in [5.41, 5.74) is 2.45.